The Labute approximate surface area is 68.2 Å². The fourth-order valence-corrected chi connectivity index (χ4v) is 1.77. The van der Waals surface area contributed by atoms with Gasteiger partial charge in [0.1, 0.15) is 5.78 Å². The van der Waals surface area contributed by atoms with Crippen LogP contribution in [0.25, 0.3) is 0 Å². The van der Waals surface area contributed by atoms with Crippen LogP contribution in [0, 0.1) is 5.92 Å². The molecule has 2 N–H and O–H groups in total. The molecule has 0 amide bonds. The van der Waals surface area contributed by atoms with Crippen LogP contribution in [0.4, 0.5) is 0 Å². The highest BCUT2D eigenvalue weighted by Gasteiger charge is 2.19. The average Bonchev–Trinajstić information content (AvgIpc) is 2.39. The van der Waals surface area contributed by atoms with Gasteiger partial charge in [0.15, 0.2) is 0 Å². The molecule has 0 aromatic heterocycles. The summed E-state index contributed by atoms with van der Waals surface area (Å²) in [6.07, 6.45) is 6.13. The molecule has 1 aliphatic rings. The minimum absolute atomic E-state index is 0.136. The van der Waals surface area contributed by atoms with Gasteiger partial charge in [0, 0.05) is 0 Å². The largest absolute Gasteiger partial charge is 0.322 e. The topological polar surface area (TPSA) is 43.1 Å². The summed E-state index contributed by atoms with van der Waals surface area (Å²) in [6.45, 7) is 1.58. The molecule has 0 aromatic rings. The molecule has 0 radical (unpaired) electrons. The van der Waals surface area contributed by atoms with Crippen molar-refractivity contribution in [2.24, 2.45) is 11.7 Å². The van der Waals surface area contributed by atoms with E-state index in [1.54, 1.807) is 6.92 Å². The minimum Gasteiger partial charge on any atom is -0.322 e. The molecule has 0 unspecified atom stereocenters. The van der Waals surface area contributed by atoms with Gasteiger partial charge < -0.3 is 5.73 Å². The Morgan fingerprint density at radius 3 is 2.55 bits per heavy atom. The molecule has 1 aliphatic carbocycles. The molecule has 1 atom stereocenters. The SMILES string of the molecule is CC(=O)[C@@H](N)CC1CCCC1. The van der Waals surface area contributed by atoms with Crippen molar-refractivity contribution in [1.82, 2.24) is 0 Å². The summed E-state index contributed by atoms with van der Waals surface area (Å²) in [6, 6.07) is -0.196. The van der Waals surface area contributed by atoms with Crippen molar-refractivity contribution < 1.29 is 4.79 Å². The van der Waals surface area contributed by atoms with Gasteiger partial charge in [-0.3, -0.25) is 4.79 Å². The predicted octanol–water partition coefficient (Wildman–Crippen LogP) is 1.48. The van der Waals surface area contributed by atoms with Crippen LogP contribution in [-0.4, -0.2) is 11.8 Å². The van der Waals surface area contributed by atoms with Crippen LogP contribution in [0.15, 0.2) is 0 Å². The zero-order valence-electron chi connectivity index (χ0n) is 7.18. The number of hydrogen-bond donors (Lipinski definition) is 1. The third-order valence-corrected chi connectivity index (χ3v) is 2.58. The summed E-state index contributed by atoms with van der Waals surface area (Å²) in [4.78, 5) is 10.8. The first-order valence-electron chi connectivity index (χ1n) is 4.46. The van der Waals surface area contributed by atoms with Gasteiger partial charge in [0.05, 0.1) is 6.04 Å². The highest BCUT2D eigenvalue weighted by molar-refractivity contribution is 5.81. The lowest BCUT2D eigenvalue weighted by Gasteiger charge is -2.12. The van der Waals surface area contributed by atoms with Gasteiger partial charge in [-0.2, -0.15) is 0 Å². The molecule has 2 heteroatoms. The highest BCUT2D eigenvalue weighted by Crippen LogP contribution is 2.28. The van der Waals surface area contributed by atoms with Crippen LogP contribution in [0.1, 0.15) is 39.0 Å². The lowest BCUT2D eigenvalue weighted by atomic mass is 9.97. The first-order valence-corrected chi connectivity index (χ1v) is 4.46. The predicted molar refractivity (Wildman–Crippen MR) is 45.2 cm³/mol. The second-order valence-corrected chi connectivity index (χ2v) is 3.60. The molecule has 0 spiro atoms. The van der Waals surface area contributed by atoms with E-state index in [1.165, 1.54) is 25.7 Å². The van der Waals surface area contributed by atoms with E-state index in [1.807, 2.05) is 0 Å². The molecule has 0 aliphatic heterocycles. The Bertz CT molecular complexity index is 138. The Morgan fingerprint density at radius 1 is 1.55 bits per heavy atom. The Kier molecular flexibility index (Phi) is 3.06. The lowest BCUT2D eigenvalue weighted by Crippen LogP contribution is -2.30. The zero-order valence-corrected chi connectivity index (χ0v) is 7.18. The van der Waals surface area contributed by atoms with Gasteiger partial charge in [0.25, 0.3) is 0 Å². The molecule has 0 aromatic carbocycles. The molecular formula is C9H17NO. The molecule has 2 nitrogen and oxygen atoms in total. The smallest absolute Gasteiger partial charge is 0.146 e. The van der Waals surface area contributed by atoms with Crippen LogP contribution in [-0.2, 0) is 4.79 Å². The number of carbonyl (C=O) groups is 1. The maximum atomic E-state index is 10.8. The quantitative estimate of drug-likeness (QED) is 0.671. The summed E-state index contributed by atoms with van der Waals surface area (Å²) < 4.78 is 0. The number of nitrogens with two attached hydrogens (primary N) is 1. The molecule has 0 saturated heterocycles. The van der Waals surface area contributed by atoms with Gasteiger partial charge in [-0.25, -0.2) is 0 Å². The monoisotopic (exact) mass is 155 g/mol. The Balaban J connectivity index is 2.23. The number of carbonyl (C=O) groups excluding carboxylic acids is 1. The summed E-state index contributed by atoms with van der Waals surface area (Å²) in [5.74, 6) is 0.866. The Morgan fingerprint density at radius 2 is 2.09 bits per heavy atom. The van der Waals surface area contributed by atoms with E-state index in [2.05, 4.69) is 0 Å². The number of Topliss-reactive ketones (excluding diaryl/α,β-unsaturated/α-hetero) is 1. The number of rotatable bonds is 3. The second kappa shape index (κ2) is 3.86. The summed E-state index contributed by atoms with van der Waals surface area (Å²) >= 11 is 0. The summed E-state index contributed by atoms with van der Waals surface area (Å²) in [5.41, 5.74) is 5.65. The average molecular weight is 155 g/mol. The van der Waals surface area contributed by atoms with E-state index >= 15 is 0 Å². The van der Waals surface area contributed by atoms with Gasteiger partial charge in [0.2, 0.25) is 0 Å². The molecule has 1 rings (SSSR count). The van der Waals surface area contributed by atoms with Crippen molar-refractivity contribution in [3.63, 3.8) is 0 Å². The number of hydrogen-bond acceptors (Lipinski definition) is 2. The fourth-order valence-electron chi connectivity index (χ4n) is 1.77. The van der Waals surface area contributed by atoms with Crippen molar-refractivity contribution in [2.75, 3.05) is 0 Å². The zero-order chi connectivity index (χ0) is 8.27. The summed E-state index contributed by atoms with van der Waals surface area (Å²) in [5, 5.41) is 0. The Hall–Kier alpha value is -0.370. The standard InChI is InChI=1S/C9H17NO/c1-7(11)9(10)6-8-4-2-3-5-8/h8-9H,2-6,10H2,1H3/t9-/m0/s1. The van der Waals surface area contributed by atoms with Crippen molar-refractivity contribution in [3.8, 4) is 0 Å². The summed E-state index contributed by atoms with van der Waals surface area (Å²) in [7, 11) is 0. The molecule has 1 fully saturated rings. The van der Waals surface area contributed by atoms with E-state index < -0.39 is 0 Å². The van der Waals surface area contributed by atoms with Gasteiger partial charge in [-0.05, 0) is 19.3 Å². The maximum absolute atomic E-state index is 10.8. The van der Waals surface area contributed by atoms with Crippen LogP contribution in [0.3, 0.4) is 0 Å². The third kappa shape index (κ3) is 2.62. The van der Waals surface area contributed by atoms with Gasteiger partial charge >= 0.3 is 0 Å². The first-order chi connectivity index (χ1) is 5.20. The molecule has 11 heavy (non-hydrogen) atoms. The van der Waals surface area contributed by atoms with Crippen molar-refractivity contribution in [2.45, 2.75) is 45.1 Å². The van der Waals surface area contributed by atoms with Gasteiger partial charge in [-0.15, -0.1) is 0 Å². The van der Waals surface area contributed by atoms with E-state index in [9.17, 15) is 4.79 Å². The fraction of sp³-hybridized carbons (Fsp3) is 0.889. The van der Waals surface area contributed by atoms with Crippen LogP contribution in [0.2, 0.25) is 0 Å². The van der Waals surface area contributed by atoms with E-state index in [0.29, 0.717) is 0 Å². The van der Waals surface area contributed by atoms with E-state index in [-0.39, 0.29) is 11.8 Å². The van der Waals surface area contributed by atoms with Crippen LogP contribution < -0.4 is 5.73 Å². The lowest BCUT2D eigenvalue weighted by molar-refractivity contribution is -0.118. The molecule has 64 valence electrons. The first kappa shape index (κ1) is 8.72. The minimum atomic E-state index is -0.196. The molecule has 0 bridgehead atoms. The second-order valence-electron chi connectivity index (χ2n) is 3.60. The van der Waals surface area contributed by atoms with E-state index in [0.717, 1.165) is 12.3 Å². The highest BCUT2D eigenvalue weighted by atomic mass is 16.1. The van der Waals surface area contributed by atoms with Crippen LogP contribution >= 0.6 is 0 Å². The van der Waals surface area contributed by atoms with Crippen LogP contribution in [0.5, 0.6) is 0 Å². The molecular weight excluding hydrogens is 138 g/mol. The van der Waals surface area contributed by atoms with Gasteiger partial charge in [-0.1, -0.05) is 25.7 Å². The molecule has 1 saturated carbocycles. The number of ketones is 1. The van der Waals surface area contributed by atoms with E-state index in [4.69, 9.17) is 5.73 Å². The van der Waals surface area contributed by atoms with Crippen molar-refractivity contribution in [3.05, 3.63) is 0 Å². The maximum Gasteiger partial charge on any atom is 0.146 e. The van der Waals surface area contributed by atoms with Crippen molar-refractivity contribution >= 4 is 5.78 Å². The molecule has 0 heterocycles. The third-order valence-electron chi connectivity index (χ3n) is 2.58. The normalized spacial score (nSPS) is 22.0. The van der Waals surface area contributed by atoms with Crippen molar-refractivity contribution in [1.29, 1.82) is 0 Å².